The van der Waals surface area contributed by atoms with Crippen molar-refractivity contribution in [2.24, 2.45) is 5.84 Å². The minimum atomic E-state index is -3.69. The summed E-state index contributed by atoms with van der Waals surface area (Å²) < 4.78 is 24.9. The van der Waals surface area contributed by atoms with Gasteiger partial charge in [0.25, 0.3) is 0 Å². The Hall–Kier alpha value is -0.930. The maximum atomic E-state index is 11.9. The Bertz CT molecular complexity index is 494. The van der Waals surface area contributed by atoms with E-state index in [4.69, 9.17) is 22.6 Å². The third-order valence-corrected chi connectivity index (χ3v) is 4.19. The van der Waals surface area contributed by atoms with Crippen molar-refractivity contribution in [1.29, 1.82) is 0 Å². The quantitative estimate of drug-likeness (QED) is 0.502. The first kappa shape index (κ1) is 14.1. The van der Waals surface area contributed by atoms with Crippen LogP contribution in [0.1, 0.15) is 0 Å². The molecule has 0 atom stereocenters. The number of aliphatic hydroxyl groups excluding tert-OH is 1. The molecule has 1 aromatic rings. The second-order valence-electron chi connectivity index (χ2n) is 3.20. The number of rotatable bonds is 5. The van der Waals surface area contributed by atoms with Crippen molar-refractivity contribution >= 4 is 27.4 Å². The molecule has 96 valence electrons. The molecule has 4 N–H and O–H groups in total. The van der Waals surface area contributed by atoms with E-state index in [-0.39, 0.29) is 28.9 Å². The van der Waals surface area contributed by atoms with Crippen LogP contribution in [0.4, 0.5) is 5.82 Å². The van der Waals surface area contributed by atoms with E-state index in [9.17, 15) is 8.42 Å². The predicted molar refractivity (Wildman–Crippen MR) is 64.0 cm³/mol. The van der Waals surface area contributed by atoms with Gasteiger partial charge in [0.05, 0.1) is 11.6 Å². The molecule has 0 spiro atoms. The van der Waals surface area contributed by atoms with Crippen LogP contribution in [-0.2, 0) is 10.0 Å². The number of hydrazine groups is 1. The van der Waals surface area contributed by atoms with Gasteiger partial charge in [-0.3, -0.25) is 0 Å². The SMILES string of the molecule is CN(CCO)S(=O)(=O)c1cnc(NN)c(Cl)c1. The van der Waals surface area contributed by atoms with Gasteiger partial charge in [-0.05, 0) is 6.07 Å². The standard InChI is InChI=1S/C8H13ClN4O3S/c1-13(2-3-14)17(15,16)6-4-7(9)8(12-10)11-5-6/h4-5,14H,2-3,10H2,1H3,(H,11,12). The van der Waals surface area contributed by atoms with E-state index >= 15 is 0 Å². The van der Waals surface area contributed by atoms with Gasteiger partial charge >= 0.3 is 0 Å². The average molecular weight is 281 g/mol. The highest BCUT2D eigenvalue weighted by Gasteiger charge is 2.21. The van der Waals surface area contributed by atoms with E-state index in [0.29, 0.717) is 0 Å². The molecule has 17 heavy (non-hydrogen) atoms. The highest BCUT2D eigenvalue weighted by Crippen LogP contribution is 2.23. The van der Waals surface area contributed by atoms with Crippen LogP contribution in [0.25, 0.3) is 0 Å². The number of nitrogen functional groups attached to an aromatic ring is 1. The lowest BCUT2D eigenvalue weighted by Gasteiger charge is -2.16. The van der Waals surface area contributed by atoms with Gasteiger partial charge in [0.15, 0.2) is 5.82 Å². The first-order valence-electron chi connectivity index (χ1n) is 4.63. The number of aliphatic hydroxyl groups is 1. The molecule has 0 saturated carbocycles. The van der Waals surface area contributed by atoms with Crippen LogP contribution < -0.4 is 11.3 Å². The van der Waals surface area contributed by atoms with Crippen molar-refractivity contribution in [3.8, 4) is 0 Å². The van der Waals surface area contributed by atoms with Crippen molar-refractivity contribution in [3.05, 3.63) is 17.3 Å². The summed E-state index contributed by atoms with van der Waals surface area (Å²) in [5, 5.41) is 8.81. The van der Waals surface area contributed by atoms with Gasteiger partial charge in [0.2, 0.25) is 10.0 Å². The van der Waals surface area contributed by atoms with Gasteiger partial charge < -0.3 is 10.5 Å². The van der Waals surface area contributed by atoms with Gasteiger partial charge in [0.1, 0.15) is 4.90 Å². The summed E-state index contributed by atoms with van der Waals surface area (Å²) in [6.07, 6.45) is 1.14. The van der Waals surface area contributed by atoms with E-state index < -0.39 is 10.0 Å². The van der Waals surface area contributed by atoms with Crippen molar-refractivity contribution in [2.75, 3.05) is 25.6 Å². The van der Waals surface area contributed by atoms with Crippen LogP contribution in [-0.4, -0.2) is 43.0 Å². The lowest BCUT2D eigenvalue weighted by atomic mass is 10.5. The normalized spacial score (nSPS) is 11.8. The summed E-state index contributed by atoms with van der Waals surface area (Å²) in [4.78, 5) is 3.71. The first-order valence-corrected chi connectivity index (χ1v) is 6.44. The Morgan fingerprint density at radius 3 is 2.76 bits per heavy atom. The predicted octanol–water partition coefficient (Wildman–Crippen LogP) is -0.367. The highest BCUT2D eigenvalue weighted by molar-refractivity contribution is 7.89. The van der Waals surface area contributed by atoms with Gasteiger partial charge in [-0.1, -0.05) is 11.6 Å². The van der Waals surface area contributed by atoms with E-state index in [1.54, 1.807) is 0 Å². The fourth-order valence-corrected chi connectivity index (χ4v) is 2.53. The summed E-state index contributed by atoms with van der Waals surface area (Å²) >= 11 is 5.78. The van der Waals surface area contributed by atoms with Crippen LogP contribution in [0, 0.1) is 0 Å². The third kappa shape index (κ3) is 3.05. The van der Waals surface area contributed by atoms with Crippen LogP contribution >= 0.6 is 11.6 Å². The minimum Gasteiger partial charge on any atom is -0.395 e. The lowest BCUT2D eigenvalue weighted by Crippen LogP contribution is -2.29. The number of anilines is 1. The summed E-state index contributed by atoms with van der Waals surface area (Å²) in [7, 11) is -2.34. The molecule has 0 fully saturated rings. The van der Waals surface area contributed by atoms with Crippen LogP contribution in [0.15, 0.2) is 17.2 Å². The molecule has 0 aliphatic heterocycles. The van der Waals surface area contributed by atoms with Gasteiger partial charge in [0, 0.05) is 19.8 Å². The first-order chi connectivity index (χ1) is 7.93. The Kier molecular flexibility index (Phi) is 4.66. The van der Waals surface area contributed by atoms with Crippen molar-refractivity contribution < 1.29 is 13.5 Å². The molecule has 9 heteroatoms. The second kappa shape index (κ2) is 5.61. The molecule has 7 nitrogen and oxygen atoms in total. The number of nitrogens with zero attached hydrogens (tertiary/aromatic N) is 2. The highest BCUT2D eigenvalue weighted by atomic mass is 35.5. The molecule has 0 aliphatic carbocycles. The molecule has 0 unspecified atom stereocenters. The van der Waals surface area contributed by atoms with Crippen molar-refractivity contribution in [3.63, 3.8) is 0 Å². The summed E-state index contributed by atoms with van der Waals surface area (Å²) in [5.41, 5.74) is 2.24. The molecule has 0 saturated heterocycles. The Balaban J connectivity index is 3.12. The largest absolute Gasteiger partial charge is 0.395 e. The number of likely N-dealkylation sites (N-methyl/N-ethyl adjacent to an activating group) is 1. The van der Waals surface area contributed by atoms with E-state index in [1.165, 1.54) is 13.1 Å². The molecule has 1 aromatic heterocycles. The van der Waals surface area contributed by atoms with E-state index in [2.05, 4.69) is 10.4 Å². The third-order valence-electron chi connectivity index (χ3n) is 2.08. The summed E-state index contributed by atoms with van der Waals surface area (Å²) in [6, 6.07) is 1.24. The van der Waals surface area contributed by atoms with E-state index in [1.807, 2.05) is 0 Å². The number of aromatic nitrogens is 1. The van der Waals surface area contributed by atoms with Gasteiger partial charge in [-0.25, -0.2) is 19.2 Å². The van der Waals surface area contributed by atoms with Crippen molar-refractivity contribution in [2.45, 2.75) is 4.90 Å². The summed E-state index contributed by atoms with van der Waals surface area (Å²) in [6.45, 7) is -0.268. The molecule has 0 aromatic carbocycles. The molecule has 0 aliphatic rings. The Morgan fingerprint density at radius 1 is 1.65 bits per heavy atom. The number of hydrogen-bond acceptors (Lipinski definition) is 6. The van der Waals surface area contributed by atoms with Crippen molar-refractivity contribution in [1.82, 2.24) is 9.29 Å². The number of nitrogens with two attached hydrogens (primary N) is 1. The Labute approximate surface area is 104 Å². The molecule has 0 bridgehead atoms. The molecular weight excluding hydrogens is 268 g/mol. The zero-order valence-electron chi connectivity index (χ0n) is 9.09. The lowest BCUT2D eigenvalue weighted by molar-refractivity contribution is 0.266. The van der Waals surface area contributed by atoms with Gasteiger partial charge in [-0.15, -0.1) is 0 Å². The second-order valence-corrected chi connectivity index (χ2v) is 5.65. The number of pyridine rings is 1. The average Bonchev–Trinajstić information content (AvgIpc) is 2.29. The zero-order valence-corrected chi connectivity index (χ0v) is 10.7. The number of nitrogens with one attached hydrogen (secondary N) is 1. The minimum absolute atomic E-state index is 0.00313. The van der Waals surface area contributed by atoms with E-state index in [0.717, 1.165) is 10.5 Å². The molecular formula is C8H13ClN4O3S. The van der Waals surface area contributed by atoms with Crippen LogP contribution in [0.2, 0.25) is 5.02 Å². The Morgan fingerprint density at radius 2 is 2.29 bits per heavy atom. The monoisotopic (exact) mass is 280 g/mol. The maximum Gasteiger partial charge on any atom is 0.244 e. The molecule has 0 amide bonds. The van der Waals surface area contributed by atoms with Crippen LogP contribution in [0.5, 0.6) is 0 Å². The number of hydrogen-bond donors (Lipinski definition) is 3. The smallest absolute Gasteiger partial charge is 0.244 e. The number of halogens is 1. The molecule has 1 heterocycles. The number of sulfonamides is 1. The summed E-state index contributed by atoms with van der Waals surface area (Å²) in [5.74, 6) is 5.32. The topological polar surface area (TPSA) is 109 Å². The zero-order chi connectivity index (χ0) is 13.1. The fraction of sp³-hybridized carbons (Fsp3) is 0.375. The maximum absolute atomic E-state index is 11.9. The molecule has 1 rings (SSSR count). The van der Waals surface area contributed by atoms with Crippen LogP contribution in [0.3, 0.4) is 0 Å². The fourth-order valence-electron chi connectivity index (χ4n) is 1.11. The van der Waals surface area contributed by atoms with Gasteiger partial charge in [-0.2, -0.15) is 4.31 Å². The molecule has 0 radical (unpaired) electrons.